The van der Waals surface area contributed by atoms with Crippen LogP contribution < -0.4 is 9.13 Å². The third-order valence-corrected chi connectivity index (χ3v) is 5.99. The van der Waals surface area contributed by atoms with Crippen LogP contribution in [0.3, 0.4) is 0 Å². The van der Waals surface area contributed by atoms with Crippen molar-refractivity contribution < 1.29 is 9.13 Å². The third kappa shape index (κ3) is 1.87. The van der Waals surface area contributed by atoms with Gasteiger partial charge in [0.1, 0.15) is 0 Å². The number of nitrogens with zero attached hydrogens (tertiary/aromatic N) is 2. The molecule has 4 aromatic rings. The highest BCUT2D eigenvalue weighted by Crippen LogP contribution is 2.41. The summed E-state index contributed by atoms with van der Waals surface area (Å²) in [6, 6.07) is 22.4. The molecule has 0 spiro atoms. The fraction of sp³-hybridized carbons (Fsp3) is 0.167. The van der Waals surface area contributed by atoms with E-state index in [2.05, 4.69) is 82.2 Å². The Morgan fingerprint density at radius 1 is 0.615 bits per heavy atom. The lowest BCUT2D eigenvalue weighted by atomic mass is 9.84. The Morgan fingerprint density at radius 3 is 2.31 bits per heavy atom. The average molecular weight is 336 g/mol. The summed E-state index contributed by atoms with van der Waals surface area (Å²) in [6.45, 7) is 2.12. The Hall–Kier alpha value is -3.00. The van der Waals surface area contributed by atoms with E-state index in [9.17, 15) is 0 Å². The van der Waals surface area contributed by atoms with E-state index in [1.54, 1.807) is 0 Å². The quantitative estimate of drug-likeness (QED) is 0.431. The highest BCUT2D eigenvalue weighted by Gasteiger charge is 2.34. The van der Waals surface area contributed by atoms with E-state index in [0.29, 0.717) is 0 Å². The lowest BCUT2D eigenvalue weighted by molar-refractivity contribution is -0.689. The molecule has 2 aromatic carbocycles. The molecule has 124 valence electrons. The minimum absolute atomic E-state index is 1.06. The molecule has 2 heteroatoms. The summed E-state index contributed by atoms with van der Waals surface area (Å²) in [5.74, 6) is 0. The minimum Gasteiger partial charge on any atom is -0.198 e. The van der Waals surface area contributed by atoms with Crippen LogP contribution >= 0.6 is 0 Å². The van der Waals surface area contributed by atoms with E-state index < -0.39 is 0 Å². The molecule has 0 bridgehead atoms. The van der Waals surface area contributed by atoms with E-state index in [0.717, 1.165) is 25.9 Å². The van der Waals surface area contributed by atoms with Crippen molar-refractivity contribution in [3.05, 3.63) is 84.2 Å². The Morgan fingerprint density at radius 2 is 1.38 bits per heavy atom. The van der Waals surface area contributed by atoms with Crippen molar-refractivity contribution in [3.63, 3.8) is 0 Å². The maximum Gasteiger partial charge on any atom is 0.221 e. The van der Waals surface area contributed by atoms with E-state index >= 15 is 0 Å². The molecule has 0 unspecified atom stereocenters. The van der Waals surface area contributed by atoms with Gasteiger partial charge in [-0.3, -0.25) is 0 Å². The summed E-state index contributed by atoms with van der Waals surface area (Å²) in [7, 11) is 0. The zero-order chi connectivity index (χ0) is 17.1. The van der Waals surface area contributed by atoms with Crippen LogP contribution in [0.5, 0.6) is 0 Å². The van der Waals surface area contributed by atoms with Crippen molar-refractivity contribution in [1.29, 1.82) is 0 Å². The predicted octanol–water partition coefficient (Wildman–Crippen LogP) is 3.86. The maximum absolute atomic E-state index is 2.45. The Labute approximate surface area is 153 Å². The first-order valence-corrected chi connectivity index (χ1v) is 9.45. The number of hydrogen-bond donors (Lipinski definition) is 0. The summed E-state index contributed by atoms with van der Waals surface area (Å²) < 4.78 is 4.86. The van der Waals surface area contributed by atoms with Crippen molar-refractivity contribution in [3.8, 4) is 22.5 Å². The summed E-state index contributed by atoms with van der Waals surface area (Å²) in [6.07, 6.45) is 6.69. The van der Waals surface area contributed by atoms with Crippen LogP contribution in [-0.4, -0.2) is 0 Å². The molecule has 26 heavy (non-hydrogen) atoms. The first-order valence-electron chi connectivity index (χ1n) is 9.45. The summed E-state index contributed by atoms with van der Waals surface area (Å²) in [5.41, 5.74) is 8.60. The van der Waals surface area contributed by atoms with Crippen LogP contribution in [0.1, 0.15) is 11.1 Å². The molecule has 0 saturated heterocycles. The van der Waals surface area contributed by atoms with Crippen LogP contribution in [-0.2, 0) is 25.9 Å². The van der Waals surface area contributed by atoms with Gasteiger partial charge < -0.3 is 0 Å². The van der Waals surface area contributed by atoms with Crippen LogP contribution in [0.4, 0.5) is 0 Å². The minimum atomic E-state index is 1.06. The van der Waals surface area contributed by atoms with Gasteiger partial charge in [0.15, 0.2) is 25.5 Å². The molecule has 0 amide bonds. The van der Waals surface area contributed by atoms with E-state index in [-0.39, 0.29) is 0 Å². The average Bonchev–Trinajstić information content (AvgIpc) is 2.72. The van der Waals surface area contributed by atoms with Crippen LogP contribution in [0, 0.1) is 0 Å². The normalized spacial score (nSPS) is 14.3. The first kappa shape index (κ1) is 14.2. The molecule has 2 aromatic heterocycles. The molecular formula is C24H20N2+2. The van der Waals surface area contributed by atoms with Gasteiger partial charge in [-0.15, -0.1) is 0 Å². The zero-order valence-corrected chi connectivity index (χ0v) is 14.7. The van der Waals surface area contributed by atoms with Crippen molar-refractivity contribution >= 4 is 10.8 Å². The number of rotatable bonds is 0. The molecule has 0 saturated carbocycles. The van der Waals surface area contributed by atoms with Gasteiger partial charge in [0.25, 0.3) is 0 Å². The maximum atomic E-state index is 2.45. The SMILES string of the molecule is c1cc[n+]2c(c1)-c1c(ccc3c1-c1c4ccccc4cc[n+]1CC3)CC2. The Balaban J connectivity index is 1.78. The smallest absolute Gasteiger partial charge is 0.198 e. The number of aryl methyl sites for hydroxylation is 4. The van der Waals surface area contributed by atoms with Gasteiger partial charge in [0.05, 0.1) is 16.5 Å². The lowest BCUT2D eigenvalue weighted by Crippen LogP contribution is -2.43. The van der Waals surface area contributed by atoms with Gasteiger partial charge in [0.2, 0.25) is 11.4 Å². The van der Waals surface area contributed by atoms with Gasteiger partial charge >= 0.3 is 0 Å². The van der Waals surface area contributed by atoms with Crippen LogP contribution in [0.15, 0.2) is 73.1 Å². The number of pyridine rings is 2. The molecule has 6 rings (SSSR count). The fourth-order valence-electron chi connectivity index (χ4n) is 4.77. The topological polar surface area (TPSA) is 7.76 Å². The molecule has 2 aliphatic heterocycles. The van der Waals surface area contributed by atoms with E-state index in [4.69, 9.17) is 0 Å². The van der Waals surface area contributed by atoms with Gasteiger partial charge in [-0.2, -0.15) is 9.13 Å². The van der Waals surface area contributed by atoms with E-state index in [1.165, 1.54) is 44.4 Å². The molecule has 2 aliphatic rings. The molecule has 0 radical (unpaired) electrons. The van der Waals surface area contributed by atoms with Crippen molar-refractivity contribution in [2.45, 2.75) is 25.9 Å². The zero-order valence-electron chi connectivity index (χ0n) is 14.7. The van der Waals surface area contributed by atoms with Gasteiger partial charge in [0, 0.05) is 31.0 Å². The molecule has 0 atom stereocenters. The fourth-order valence-corrected chi connectivity index (χ4v) is 4.77. The molecule has 0 N–H and O–H groups in total. The second-order valence-corrected chi connectivity index (χ2v) is 7.36. The number of benzene rings is 2. The summed E-state index contributed by atoms with van der Waals surface area (Å²) in [4.78, 5) is 0. The monoisotopic (exact) mass is 336 g/mol. The lowest BCUT2D eigenvalue weighted by Gasteiger charge is -2.23. The van der Waals surface area contributed by atoms with Crippen LogP contribution in [0.2, 0.25) is 0 Å². The van der Waals surface area contributed by atoms with Crippen molar-refractivity contribution in [1.82, 2.24) is 0 Å². The Kier molecular flexibility index (Phi) is 2.87. The predicted molar refractivity (Wildman–Crippen MR) is 103 cm³/mol. The third-order valence-electron chi connectivity index (χ3n) is 5.99. The molecular weight excluding hydrogens is 316 g/mol. The second kappa shape index (κ2) is 5.25. The molecule has 0 fully saturated rings. The highest BCUT2D eigenvalue weighted by atomic mass is 15.0. The Bertz CT molecular complexity index is 1190. The van der Waals surface area contributed by atoms with Gasteiger partial charge in [-0.1, -0.05) is 30.3 Å². The standard InChI is InChI=1S/C24H20N2/c1-2-6-20-17(5-1)10-15-26-16-12-19-9-8-18-11-14-25-13-4-3-7-21(25)22(18)23(19)24(20)26/h1-10,13,15H,11-12,14,16H2/q+2. The van der Waals surface area contributed by atoms with Crippen molar-refractivity contribution in [2.75, 3.05) is 0 Å². The first-order chi connectivity index (χ1) is 12.9. The summed E-state index contributed by atoms with van der Waals surface area (Å²) in [5, 5.41) is 2.68. The molecule has 4 heterocycles. The van der Waals surface area contributed by atoms with E-state index in [1.807, 2.05) is 0 Å². The highest BCUT2D eigenvalue weighted by molar-refractivity contribution is 5.98. The summed E-state index contributed by atoms with van der Waals surface area (Å²) >= 11 is 0. The van der Waals surface area contributed by atoms with Gasteiger partial charge in [-0.25, -0.2) is 0 Å². The second-order valence-electron chi connectivity index (χ2n) is 7.36. The molecule has 2 nitrogen and oxygen atoms in total. The number of fused-ring (bicyclic) bond motifs is 9. The van der Waals surface area contributed by atoms with Crippen LogP contribution in [0.25, 0.3) is 33.3 Å². The number of hydrogen-bond acceptors (Lipinski definition) is 0. The number of aromatic nitrogens is 2. The largest absolute Gasteiger partial charge is 0.221 e. The molecule has 0 aliphatic carbocycles. The van der Waals surface area contributed by atoms with Crippen molar-refractivity contribution in [2.24, 2.45) is 0 Å². The van der Waals surface area contributed by atoms with Gasteiger partial charge in [-0.05, 0) is 28.6 Å².